The lowest BCUT2D eigenvalue weighted by molar-refractivity contribution is 0.102. The number of nitrogens with zero attached hydrogens (tertiary/aromatic N) is 4. The molecule has 0 saturated heterocycles. The first-order chi connectivity index (χ1) is 10.8. The van der Waals surface area contributed by atoms with Gasteiger partial charge in [0.05, 0.1) is 5.69 Å². The smallest absolute Gasteiger partial charge is 0.255 e. The first-order valence-electron chi connectivity index (χ1n) is 6.57. The van der Waals surface area contributed by atoms with E-state index in [1.165, 1.54) is 11.8 Å². The first kappa shape index (κ1) is 14.3. The average molecular weight is 311 g/mol. The van der Waals surface area contributed by atoms with E-state index in [4.69, 9.17) is 0 Å². The molecule has 0 fully saturated rings. The summed E-state index contributed by atoms with van der Waals surface area (Å²) in [6, 6.07) is 16.5. The van der Waals surface area contributed by atoms with Crippen LogP contribution in [0.15, 0.2) is 59.8 Å². The normalized spacial score (nSPS) is 10.4. The molecular formula is C15H13N5OS. The molecule has 6 nitrogen and oxygen atoms in total. The molecule has 3 rings (SSSR count). The number of carbonyl (C=O) groups excluding carboxylic acids is 1. The zero-order valence-corrected chi connectivity index (χ0v) is 12.6. The van der Waals surface area contributed by atoms with Crippen LogP contribution in [0.2, 0.25) is 0 Å². The highest BCUT2D eigenvalue weighted by Crippen LogP contribution is 2.17. The predicted octanol–water partition coefficient (Wildman–Crippen LogP) is 2.64. The molecule has 1 heterocycles. The Morgan fingerprint density at radius 3 is 2.73 bits per heavy atom. The molecule has 1 N–H and O–H groups in total. The van der Waals surface area contributed by atoms with Crippen LogP contribution in [-0.4, -0.2) is 32.4 Å². The topological polar surface area (TPSA) is 72.7 Å². The molecule has 0 atom stereocenters. The van der Waals surface area contributed by atoms with Crippen molar-refractivity contribution in [3.05, 3.63) is 60.2 Å². The second-order valence-electron chi connectivity index (χ2n) is 4.45. The molecule has 0 unspecified atom stereocenters. The van der Waals surface area contributed by atoms with Crippen LogP contribution in [0, 0.1) is 0 Å². The largest absolute Gasteiger partial charge is 0.322 e. The van der Waals surface area contributed by atoms with E-state index in [2.05, 4.69) is 20.8 Å². The fraction of sp³-hybridized carbons (Fsp3) is 0.0667. The van der Waals surface area contributed by atoms with E-state index >= 15 is 0 Å². The lowest BCUT2D eigenvalue weighted by Crippen LogP contribution is -2.12. The van der Waals surface area contributed by atoms with Crippen LogP contribution in [0.3, 0.4) is 0 Å². The zero-order chi connectivity index (χ0) is 15.4. The highest BCUT2D eigenvalue weighted by molar-refractivity contribution is 7.98. The molecule has 0 radical (unpaired) electrons. The maximum Gasteiger partial charge on any atom is 0.255 e. The van der Waals surface area contributed by atoms with Gasteiger partial charge in [-0.05, 0) is 47.0 Å². The summed E-state index contributed by atoms with van der Waals surface area (Å²) in [6.07, 6.45) is 1.90. The maximum absolute atomic E-state index is 12.3. The Labute approximate surface area is 131 Å². The SMILES string of the molecule is CSc1nnnn1-c1cccc(C(=O)Nc2ccccc2)c1. The van der Waals surface area contributed by atoms with Gasteiger partial charge in [0.15, 0.2) is 0 Å². The fourth-order valence-electron chi connectivity index (χ4n) is 1.97. The van der Waals surface area contributed by atoms with E-state index in [1.54, 1.807) is 22.9 Å². The van der Waals surface area contributed by atoms with Gasteiger partial charge in [0.1, 0.15) is 0 Å². The van der Waals surface area contributed by atoms with E-state index in [0.717, 1.165) is 11.4 Å². The standard InChI is InChI=1S/C15H13N5OS/c1-22-15-17-18-19-20(15)13-9-5-6-11(10-13)14(21)16-12-7-3-2-4-8-12/h2-10H,1H3,(H,16,21). The van der Waals surface area contributed by atoms with Crippen molar-refractivity contribution in [3.63, 3.8) is 0 Å². The molecule has 0 aliphatic rings. The third-order valence-electron chi connectivity index (χ3n) is 3.01. The van der Waals surface area contributed by atoms with Crippen molar-refractivity contribution in [2.24, 2.45) is 0 Å². The van der Waals surface area contributed by atoms with Crippen LogP contribution < -0.4 is 5.32 Å². The molecule has 7 heteroatoms. The minimum absolute atomic E-state index is 0.174. The third-order valence-corrected chi connectivity index (χ3v) is 3.63. The van der Waals surface area contributed by atoms with E-state index in [0.29, 0.717) is 10.7 Å². The third kappa shape index (κ3) is 2.99. The zero-order valence-electron chi connectivity index (χ0n) is 11.8. The highest BCUT2D eigenvalue weighted by Gasteiger charge is 2.11. The Balaban J connectivity index is 1.86. The summed E-state index contributed by atoms with van der Waals surface area (Å²) in [5.41, 5.74) is 2.05. The minimum atomic E-state index is -0.174. The van der Waals surface area contributed by atoms with Gasteiger partial charge in [-0.2, -0.15) is 4.68 Å². The van der Waals surface area contributed by atoms with Gasteiger partial charge in [0, 0.05) is 11.3 Å². The van der Waals surface area contributed by atoms with Crippen molar-refractivity contribution in [2.75, 3.05) is 11.6 Å². The van der Waals surface area contributed by atoms with Crippen LogP contribution in [-0.2, 0) is 0 Å². The molecule has 1 amide bonds. The van der Waals surface area contributed by atoms with Crippen molar-refractivity contribution in [1.29, 1.82) is 0 Å². The fourth-order valence-corrected chi connectivity index (χ4v) is 2.40. The molecule has 0 saturated carbocycles. The van der Waals surface area contributed by atoms with Crippen molar-refractivity contribution >= 4 is 23.4 Å². The summed E-state index contributed by atoms with van der Waals surface area (Å²) < 4.78 is 1.60. The number of rotatable bonds is 4. The summed E-state index contributed by atoms with van der Waals surface area (Å²) in [6.45, 7) is 0. The molecule has 110 valence electrons. The van der Waals surface area contributed by atoms with Crippen LogP contribution in [0.1, 0.15) is 10.4 Å². The molecule has 0 aliphatic carbocycles. The molecule has 1 aromatic heterocycles. The van der Waals surface area contributed by atoms with Crippen molar-refractivity contribution in [1.82, 2.24) is 20.2 Å². The van der Waals surface area contributed by atoms with E-state index < -0.39 is 0 Å². The quantitative estimate of drug-likeness (QED) is 0.750. The maximum atomic E-state index is 12.3. The molecule has 0 bridgehead atoms. The second-order valence-corrected chi connectivity index (χ2v) is 5.22. The summed E-state index contributed by atoms with van der Waals surface area (Å²) in [5, 5.41) is 15.0. The summed E-state index contributed by atoms with van der Waals surface area (Å²) in [7, 11) is 0. The van der Waals surface area contributed by atoms with Gasteiger partial charge in [0.25, 0.3) is 5.91 Å². The molecular weight excluding hydrogens is 298 g/mol. The molecule has 0 aliphatic heterocycles. The van der Waals surface area contributed by atoms with Crippen LogP contribution >= 0.6 is 11.8 Å². The van der Waals surface area contributed by atoms with Gasteiger partial charge < -0.3 is 5.32 Å². The number of benzene rings is 2. The van der Waals surface area contributed by atoms with Crippen molar-refractivity contribution < 1.29 is 4.79 Å². The van der Waals surface area contributed by atoms with Gasteiger partial charge in [-0.25, -0.2) is 0 Å². The van der Waals surface area contributed by atoms with Gasteiger partial charge in [-0.3, -0.25) is 4.79 Å². The Hall–Kier alpha value is -2.67. The minimum Gasteiger partial charge on any atom is -0.322 e. The van der Waals surface area contributed by atoms with Crippen LogP contribution in [0.5, 0.6) is 0 Å². The number of aromatic nitrogens is 4. The Morgan fingerprint density at radius 1 is 1.14 bits per heavy atom. The molecule has 22 heavy (non-hydrogen) atoms. The number of carbonyl (C=O) groups is 1. The Morgan fingerprint density at radius 2 is 1.95 bits per heavy atom. The molecule has 3 aromatic rings. The number of para-hydroxylation sites is 1. The van der Waals surface area contributed by atoms with Crippen molar-refractivity contribution in [3.8, 4) is 5.69 Å². The number of nitrogens with one attached hydrogen (secondary N) is 1. The Kier molecular flexibility index (Phi) is 4.15. The number of tetrazole rings is 1. The lowest BCUT2D eigenvalue weighted by Gasteiger charge is -2.07. The van der Waals surface area contributed by atoms with Crippen LogP contribution in [0.25, 0.3) is 5.69 Å². The number of amides is 1. The van der Waals surface area contributed by atoms with Gasteiger partial charge in [-0.1, -0.05) is 36.0 Å². The van der Waals surface area contributed by atoms with E-state index in [-0.39, 0.29) is 5.91 Å². The molecule has 2 aromatic carbocycles. The lowest BCUT2D eigenvalue weighted by atomic mass is 10.2. The van der Waals surface area contributed by atoms with E-state index in [9.17, 15) is 4.79 Å². The number of thioether (sulfide) groups is 1. The van der Waals surface area contributed by atoms with Crippen LogP contribution in [0.4, 0.5) is 5.69 Å². The number of hydrogen-bond acceptors (Lipinski definition) is 5. The summed E-state index contributed by atoms with van der Waals surface area (Å²) >= 11 is 1.44. The number of hydrogen-bond donors (Lipinski definition) is 1. The second kappa shape index (κ2) is 6.40. The van der Waals surface area contributed by atoms with E-state index in [1.807, 2.05) is 42.7 Å². The molecule has 0 spiro atoms. The van der Waals surface area contributed by atoms with Gasteiger partial charge in [0.2, 0.25) is 5.16 Å². The Bertz CT molecular complexity index is 787. The number of anilines is 1. The van der Waals surface area contributed by atoms with Gasteiger partial charge >= 0.3 is 0 Å². The summed E-state index contributed by atoms with van der Waals surface area (Å²) in [4.78, 5) is 12.3. The van der Waals surface area contributed by atoms with Crippen molar-refractivity contribution in [2.45, 2.75) is 5.16 Å². The highest BCUT2D eigenvalue weighted by atomic mass is 32.2. The van der Waals surface area contributed by atoms with Gasteiger partial charge in [-0.15, -0.1) is 5.10 Å². The first-order valence-corrected chi connectivity index (χ1v) is 7.79. The summed E-state index contributed by atoms with van der Waals surface area (Å²) in [5.74, 6) is -0.174. The average Bonchev–Trinajstić information content (AvgIpc) is 3.04. The predicted molar refractivity (Wildman–Crippen MR) is 85.3 cm³/mol. The monoisotopic (exact) mass is 311 g/mol.